The average molecular weight is 436 g/mol. The Morgan fingerprint density at radius 1 is 1.17 bits per heavy atom. The highest BCUT2D eigenvalue weighted by Crippen LogP contribution is 2.34. The van der Waals surface area contributed by atoms with Crippen molar-refractivity contribution in [1.29, 1.82) is 0 Å². The van der Waals surface area contributed by atoms with E-state index in [0.29, 0.717) is 36.7 Å². The number of rotatable bonds is 7. The summed E-state index contributed by atoms with van der Waals surface area (Å²) in [7, 11) is 0. The lowest BCUT2D eigenvalue weighted by atomic mass is 10.2. The van der Waals surface area contributed by atoms with Gasteiger partial charge in [-0.25, -0.2) is 0 Å². The molecule has 2 heterocycles. The van der Waals surface area contributed by atoms with Crippen molar-refractivity contribution in [3.05, 3.63) is 64.8 Å². The van der Waals surface area contributed by atoms with E-state index in [-0.39, 0.29) is 5.75 Å². The van der Waals surface area contributed by atoms with Crippen molar-refractivity contribution in [3.8, 4) is 17.5 Å². The fraction of sp³-hybridized carbons (Fsp3) is 0.286. The zero-order chi connectivity index (χ0) is 21.1. The van der Waals surface area contributed by atoms with E-state index in [0.717, 1.165) is 23.6 Å². The molecule has 0 spiro atoms. The summed E-state index contributed by atoms with van der Waals surface area (Å²) in [5.74, 6) is 1.14. The summed E-state index contributed by atoms with van der Waals surface area (Å²) in [4.78, 5) is 6.67. The van der Waals surface area contributed by atoms with Crippen LogP contribution in [0.2, 0.25) is 5.02 Å². The lowest BCUT2D eigenvalue weighted by Crippen LogP contribution is -2.31. The van der Waals surface area contributed by atoms with Gasteiger partial charge in [-0.2, -0.15) is 13.8 Å². The first-order valence-corrected chi connectivity index (χ1v) is 9.80. The summed E-state index contributed by atoms with van der Waals surface area (Å²) in [6.07, 6.45) is 0. The van der Waals surface area contributed by atoms with Crippen molar-refractivity contribution in [2.75, 3.05) is 18.2 Å². The molecule has 158 valence electrons. The van der Waals surface area contributed by atoms with Crippen molar-refractivity contribution < 1.29 is 23.0 Å². The number of halogens is 3. The fourth-order valence-electron chi connectivity index (χ4n) is 3.23. The first-order chi connectivity index (χ1) is 14.5. The van der Waals surface area contributed by atoms with Gasteiger partial charge in [0.05, 0.1) is 18.8 Å². The van der Waals surface area contributed by atoms with Crippen LogP contribution in [0, 0.1) is 0 Å². The number of imidazole rings is 1. The molecule has 0 atom stereocenters. The van der Waals surface area contributed by atoms with Crippen LogP contribution in [0.4, 0.5) is 14.6 Å². The van der Waals surface area contributed by atoms with Crippen molar-refractivity contribution in [2.45, 2.75) is 26.7 Å². The van der Waals surface area contributed by atoms with E-state index < -0.39 is 6.61 Å². The maximum Gasteiger partial charge on any atom is 0.387 e. The van der Waals surface area contributed by atoms with Crippen LogP contribution >= 0.6 is 11.6 Å². The summed E-state index contributed by atoms with van der Waals surface area (Å²) in [5, 5.41) is 0.652. The Labute approximate surface area is 177 Å². The van der Waals surface area contributed by atoms with Gasteiger partial charge in [-0.05, 0) is 36.8 Å². The molecule has 4 rings (SSSR count). The molecule has 30 heavy (non-hydrogen) atoms. The molecule has 6 nitrogen and oxygen atoms in total. The fourth-order valence-corrected chi connectivity index (χ4v) is 3.36. The van der Waals surface area contributed by atoms with Gasteiger partial charge in [0.25, 0.3) is 0 Å². The van der Waals surface area contributed by atoms with E-state index in [2.05, 4.69) is 9.72 Å². The van der Waals surface area contributed by atoms with Crippen molar-refractivity contribution >= 4 is 17.4 Å². The molecule has 0 saturated heterocycles. The maximum absolute atomic E-state index is 12.5. The van der Waals surface area contributed by atoms with Gasteiger partial charge in [-0.3, -0.25) is 4.57 Å². The molecular formula is C21H20ClF2N3O3. The Morgan fingerprint density at radius 2 is 1.93 bits per heavy atom. The molecule has 3 aromatic rings. The molecule has 0 N–H and O–H groups in total. The first kappa shape index (κ1) is 20.4. The molecule has 0 bridgehead atoms. The quantitative estimate of drug-likeness (QED) is 0.504. The van der Waals surface area contributed by atoms with Crippen molar-refractivity contribution in [3.63, 3.8) is 0 Å². The topological polar surface area (TPSA) is 48.8 Å². The van der Waals surface area contributed by atoms with Crippen LogP contribution in [0.5, 0.6) is 17.5 Å². The number of anilines is 1. The second kappa shape index (κ2) is 8.89. The molecule has 1 aromatic heterocycles. The molecular weight excluding hydrogens is 416 g/mol. The van der Waals surface area contributed by atoms with Crippen LogP contribution in [-0.2, 0) is 17.9 Å². The molecule has 0 aliphatic carbocycles. The van der Waals surface area contributed by atoms with Crippen molar-refractivity contribution in [1.82, 2.24) is 9.55 Å². The van der Waals surface area contributed by atoms with Gasteiger partial charge in [-0.15, -0.1) is 0 Å². The van der Waals surface area contributed by atoms with E-state index >= 15 is 0 Å². The number of benzene rings is 2. The minimum absolute atomic E-state index is 0.0154. The van der Waals surface area contributed by atoms with E-state index in [1.165, 1.54) is 12.1 Å². The molecule has 1 aliphatic heterocycles. The predicted octanol–water partition coefficient (Wildman–Crippen LogP) is 5.29. The van der Waals surface area contributed by atoms with E-state index in [4.69, 9.17) is 21.1 Å². The van der Waals surface area contributed by atoms with E-state index in [1.54, 1.807) is 12.1 Å². The molecule has 0 amide bonds. The SMILES string of the molecule is CCN1COCc2c1nc(Oc1cccc(OC(F)F)c1)n2Cc1ccc(Cl)cc1. The minimum Gasteiger partial charge on any atom is -0.435 e. The number of nitrogens with zero attached hydrogens (tertiary/aromatic N) is 3. The Kier molecular flexibility index (Phi) is 6.06. The van der Waals surface area contributed by atoms with Gasteiger partial charge in [-0.1, -0.05) is 29.8 Å². The lowest BCUT2D eigenvalue weighted by Gasteiger charge is -2.26. The number of ether oxygens (including phenoxy) is 3. The normalized spacial score (nSPS) is 13.4. The minimum atomic E-state index is -2.91. The Morgan fingerprint density at radius 3 is 2.67 bits per heavy atom. The standard InChI is InChI=1S/C21H20ClF2N3O3/c1-2-26-13-28-12-18-19(26)25-21(27(18)11-14-6-8-15(22)9-7-14)30-17-5-3-4-16(10-17)29-20(23)24/h3-10,20H,2,11-13H2,1H3. The number of alkyl halides is 2. The molecule has 0 saturated carbocycles. The summed E-state index contributed by atoms with van der Waals surface area (Å²) in [5.41, 5.74) is 1.89. The van der Waals surface area contributed by atoms with Gasteiger partial charge in [0.1, 0.15) is 18.2 Å². The van der Waals surface area contributed by atoms with Crippen LogP contribution < -0.4 is 14.4 Å². The molecule has 0 unspecified atom stereocenters. The highest BCUT2D eigenvalue weighted by atomic mass is 35.5. The molecule has 0 fully saturated rings. The van der Waals surface area contributed by atoms with Gasteiger partial charge >= 0.3 is 12.6 Å². The van der Waals surface area contributed by atoms with Crippen LogP contribution in [0.15, 0.2) is 48.5 Å². The van der Waals surface area contributed by atoms with Crippen molar-refractivity contribution in [2.24, 2.45) is 0 Å². The summed E-state index contributed by atoms with van der Waals surface area (Å²) in [6, 6.07) is 13.9. The molecule has 0 radical (unpaired) electrons. The Bertz CT molecular complexity index is 1010. The van der Waals surface area contributed by atoms with Crippen LogP contribution in [-0.4, -0.2) is 29.4 Å². The number of hydrogen-bond acceptors (Lipinski definition) is 5. The Hall–Kier alpha value is -2.84. The largest absolute Gasteiger partial charge is 0.435 e. The highest BCUT2D eigenvalue weighted by Gasteiger charge is 2.26. The molecule has 1 aliphatic rings. The molecule has 2 aromatic carbocycles. The second-order valence-electron chi connectivity index (χ2n) is 6.67. The number of hydrogen-bond donors (Lipinski definition) is 0. The van der Waals surface area contributed by atoms with Crippen LogP contribution in [0.25, 0.3) is 0 Å². The monoisotopic (exact) mass is 435 g/mol. The third kappa shape index (κ3) is 4.49. The van der Waals surface area contributed by atoms with Crippen LogP contribution in [0.3, 0.4) is 0 Å². The maximum atomic E-state index is 12.5. The molecule has 9 heteroatoms. The highest BCUT2D eigenvalue weighted by molar-refractivity contribution is 6.30. The summed E-state index contributed by atoms with van der Waals surface area (Å²) in [6.45, 7) is 1.16. The van der Waals surface area contributed by atoms with E-state index in [1.807, 2.05) is 40.7 Å². The van der Waals surface area contributed by atoms with Gasteiger partial charge in [0.15, 0.2) is 5.82 Å². The first-order valence-electron chi connectivity index (χ1n) is 9.42. The third-order valence-electron chi connectivity index (χ3n) is 4.68. The number of fused-ring (bicyclic) bond motifs is 1. The second-order valence-corrected chi connectivity index (χ2v) is 7.10. The predicted molar refractivity (Wildman–Crippen MR) is 109 cm³/mol. The zero-order valence-electron chi connectivity index (χ0n) is 16.2. The number of aromatic nitrogens is 2. The lowest BCUT2D eigenvalue weighted by molar-refractivity contribution is -0.0499. The van der Waals surface area contributed by atoms with Gasteiger partial charge in [0.2, 0.25) is 0 Å². The summed E-state index contributed by atoms with van der Waals surface area (Å²) < 4.78 is 43.2. The summed E-state index contributed by atoms with van der Waals surface area (Å²) >= 11 is 6.00. The third-order valence-corrected chi connectivity index (χ3v) is 4.93. The van der Waals surface area contributed by atoms with E-state index in [9.17, 15) is 8.78 Å². The van der Waals surface area contributed by atoms with Gasteiger partial charge in [0, 0.05) is 17.6 Å². The smallest absolute Gasteiger partial charge is 0.387 e. The average Bonchev–Trinajstić information content (AvgIpc) is 3.06. The van der Waals surface area contributed by atoms with Crippen LogP contribution in [0.1, 0.15) is 18.2 Å². The Balaban J connectivity index is 1.69. The zero-order valence-corrected chi connectivity index (χ0v) is 17.0. The van der Waals surface area contributed by atoms with Gasteiger partial charge < -0.3 is 19.1 Å².